The third-order valence-corrected chi connectivity index (χ3v) is 2.81. The summed E-state index contributed by atoms with van der Waals surface area (Å²) in [5, 5.41) is 0. The summed E-state index contributed by atoms with van der Waals surface area (Å²) in [5.74, 6) is 1.92. The van der Waals surface area contributed by atoms with Gasteiger partial charge in [0.05, 0.1) is 0 Å². The van der Waals surface area contributed by atoms with Crippen molar-refractivity contribution in [3.8, 4) is 0 Å². The summed E-state index contributed by atoms with van der Waals surface area (Å²) in [6.07, 6.45) is 2.80. The van der Waals surface area contributed by atoms with Crippen LogP contribution in [0, 0.1) is 11.8 Å². The van der Waals surface area contributed by atoms with Crippen LogP contribution in [0.15, 0.2) is 0 Å². The molecule has 0 amide bonds. The van der Waals surface area contributed by atoms with Crippen molar-refractivity contribution >= 4 is 15.9 Å². The molecule has 1 fully saturated rings. The lowest BCUT2D eigenvalue weighted by atomic mass is 9.77. The molecule has 0 atom stereocenters. The Hall–Kier alpha value is 0.480. The molecule has 0 unspecified atom stereocenters. The van der Waals surface area contributed by atoms with Gasteiger partial charge in [0.25, 0.3) is 0 Å². The molecule has 1 aliphatic carbocycles. The molecule has 1 saturated carbocycles. The Morgan fingerprint density at radius 1 is 1.38 bits per heavy atom. The van der Waals surface area contributed by atoms with E-state index in [0.29, 0.717) is 0 Å². The maximum atomic E-state index is 3.57. The zero-order chi connectivity index (χ0) is 6.15. The van der Waals surface area contributed by atoms with E-state index in [2.05, 4.69) is 29.8 Å². The van der Waals surface area contributed by atoms with Crippen LogP contribution in [-0.4, -0.2) is 4.83 Å². The first kappa shape index (κ1) is 6.60. The van der Waals surface area contributed by atoms with Crippen LogP contribution in [0.3, 0.4) is 0 Å². The van der Waals surface area contributed by atoms with Crippen molar-refractivity contribution in [1.82, 2.24) is 0 Å². The van der Waals surface area contributed by atoms with E-state index in [1.807, 2.05) is 0 Å². The van der Waals surface area contributed by atoms with Crippen molar-refractivity contribution in [2.24, 2.45) is 11.8 Å². The summed E-state index contributed by atoms with van der Waals surface area (Å²) in [4.78, 5) is 0.842. The van der Waals surface area contributed by atoms with Crippen LogP contribution in [-0.2, 0) is 0 Å². The van der Waals surface area contributed by atoms with Gasteiger partial charge in [-0.15, -0.1) is 0 Å². The van der Waals surface area contributed by atoms with Crippen LogP contribution >= 0.6 is 15.9 Å². The second-order valence-corrected chi connectivity index (χ2v) is 4.37. The molecule has 0 aromatic rings. The number of alkyl halides is 1. The number of rotatable bonds is 1. The molecule has 0 spiro atoms. The van der Waals surface area contributed by atoms with E-state index in [4.69, 9.17) is 0 Å². The molecule has 0 N–H and O–H groups in total. The molecule has 0 aliphatic heterocycles. The molecule has 0 bridgehead atoms. The molecule has 0 saturated heterocycles. The monoisotopic (exact) mass is 176 g/mol. The van der Waals surface area contributed by atoms with Gasteiger partial charge in [-0.2, -0.15) is 0 Å². The molecular weight excluding hydrogens is 164 g/mol. The highest BCUT2D eigenvalue weighted by atomic mass is 79.9. The van der Waals surface area contributed by atoms with Gasteiger partial charge in [0.15, 0.2) is 0 Å². The van der Waals surface area contributed by atoms with E-state index in [9.17, 15) is 0 Å². The highest BCUT2D eigenvalue weighted by molar-refractivity contribution is 9.09. The minimum atomic E-state index is 0.842. The Labute approximate surface area is 59.8 Å². The molecule has 48 valence electrons. The fourth-order valence-corrected chi connectivity index (χ4v) is 2.09. The predicted octanol–water partition coefficient (Wildman–Crippen LogP) is 2.82. The molecule has 0 aromatic carbocycles. The van der Waals surface area contributed by atoms with Gasteiger partial charge in [-0.1, -0.05) is 29.8 Å². The number of hydrogen-bond donors (Lipinski definition) is 0. The van der Waals surface area contributed by atoms with Gasteiger partial charge in [0, 0.05) is 4.83 Å². The lowest BCUT2D eigenvalue weighted by Gasteiger charge is -2.34. The first-order valence-electron chi connectivity index (χ1n) is 3.34. The van der Waals surface area contributed by atoms with Crippen molar-refractivity contribution in [2.75, 3.05) is 0 Å². The highest BCUT2D eigenvalue weighted by Crippen LogP contribution is 2.37. The highest BCUT2D eigenvalue weighted by Gasteiger charge is 2.28. The van der Waals surface area contributed by atoms with Crippen molar-refractivity contribution in [1.29, 1.82) is 0 Å². The smallest absolute Gasteiger partial charge is 0.0151 e. The molecule has 0 aromatic heterocycles. The van der Waals surface area contributed by atoms with Crippen LogP contribution in [0.4, 0.5) is 0 Å². The molecular formula is C7H13Br. The SMILES string of the molecule is CC(C)C1CC(Br)C1. The Balaban J connectivity index is 2.15. The van der Waals surface area contributed by atoms with Crippen molar-refractivity contribution in [3.63, 3.8) is 0 Å². The topological polar surface area (TPSA) is 0 Å². The van der Waals surface area contributed by atoms with Gasteiger partial charge in [0.1, 0.15) is 0 Å². The maximum Gasteiger partial charge on any atom is 0.0151 e. The molecule has 1 heteroatoms. The molecule has 0 heterocycles. The summed E-state index contributed by atoms with van der Waals surface area (Å²) in [6.45, 7) is 4.62. The zero-order valence-electron chi connectivity index (χ0n) is 5.52. The molecule has 8 heavy (non-hydrogen) atoms. The summed E-state index contributed by atoms with van der Waals surface area (Å²) in [6, 6.07) is 0. The summed E-state index contributed by atoms with van der Waals surface area (Å²) in [7, 11) is 0. The minimum Gasteiger partial charge on any atom is -0.0890 e. The fourth-order valence-electron chi connectivity index (χ4n) is 1.13. The van der Waals surface area contributed by atoms with E-state index in [-0.39, 0.29) is 0 Å². The van der Waals surface area contributed by atoms with Crippen molar-refractivity contribution in [2.45, 2.75) is 31.5 Å². The quantitative estimate of drug-likeness (QED) is 0.540. The van der Waals surface area contributed by atoms with E-state index < -0.39 is 0 Å². The van der Waals surface area contributed by atoms with Crippen LogP contribution < -0.4 is 0 Å². The first-order valence-corrected chi connectivity index (χ1v) is 4.25. The fraction of sp³-hybridized carbons (Fsp3) is 1.00. The Morgan fingerprint density at radius 2 is 1.88 bits per heavy atom. The van der Waals surface area contributed by atoms with Gasteiger partial charge in [-0.25, -0.2) is 0 Å². The summed E-state index contributed by atoms with van der Waals surface area (Å²) in [5.41, 5.74) is 0. The largest absolute Gasteiger partial charge is 0.0890 e. The van der Waals surface area contributed by atoms with Gasteiger partial charge >= 0.3 is 0 Å². The van der Waals surface area contributed by atoms with Crippen molar-refractivity contribution in [3.05, 3.63) is 0 Å². The summed E-state index contributed by atoms with van der Waals surface area (Å²) < 4.78 is 0. The van der Waals surface area contributed by atoms with E-state index in [1.165, 1.54) is 12.8 Å². The average Bonchev–Trinajstić information content (AvgIpc) is 1.57. The van der Waals surface area contributed by atoms with Crippen LogP contribution in [0.1, 0.15) is 26.7 Å². The predicted molar refractivity (Wildman–Crippen MR) is 40.3 cm³/mol. The van der Waals surface area contributed by atoms with Gasteiger partial charge in [-0.3, -0.25) is 0 Å². The molecule has 0 radical (unpaired) electrons. The van der Waals surface area contributed by atoms with E-state index in [1.54, 1.807) is 0 Å². The third-order valence-electron chi connectivity index (χ3n) is 2.06. The van der Waals surface area contributed by atoms with Gasteiger partial charge in [0.2, 0.25) is 0 Å². The van der Waals surface area contributed by atoms with Gasteiger partial charge < -0.3 is 0 Å². The van der Waals surface area contributed by atoms with Gasteiger partial charge in [-0.05, 0) is 24.7 Å². The Bertz CT molecular complexity index is 72.5. The maximum absolute atomic E-state index is 3.57. The molecule has 1 rings (SSSR count). The third kappa shape index (κ3) is 1.25. The van der Waals surface area contributed by atoms with E-state index in [0.717, 1.165) is 16.7 Å². The van der Waals surface area contributed by atoms with Crippen LogP contribution in [0.5, 0.6) is 0 Å². The second-order valence-electron chi connectivity index (χ2n) is 3.07. The number of hydrogen-bond acceptors (Lipinski definition) is 0. The number of halogens is 1. The summed E-state index contributed by atoms with van der Waals surface area (Å²) >= 11 is 3.57. The Morgan fingerprint density at radius 3 is 2.00 bits per heavy atom. The molecule has 0 nitrogen and oxygen atoms in total. The van der Waals surface area contributed by atoms with Crippen LogP contribution in [0.2, 0.25) is 0 Å². The lowest BCUT2D eigenvalue weighted by molar-refractivity contribution is 0.248. The second kappa shape index (κ2) is 2.38. The standard InChI is InChI=1S/C7H13Br/c1-5(2)6-3-7(8)4-6/h5-7H,3-4H2,1-2H3. The zero-order valence-corrected chi connectivity index (χ0v) is 7.11. The van der Waals surface area contributed by atoms with Crippen molar-refractivity contribution < 1.29 is 0 Å². The minimum absolute atomic E-state index is 0.842. The Kier molecular flexibility index (Phi) is 1.97. The molecule has 1 aliphatic rings. The first-order chi connectivity index (χ1) is 3.70. The normalized spacial score (nSPS) is 37.5. The lowest BCUT2D eigenvalue weighted by Crippen LogP contribution is -2.27. The van der Waals surface area contributed by atoms with Crippen LogP contribution in [0.25, 0.3) is 0 Å². The van der Waals surface area contributed by atoms with E-state index >= 15 is 0 Å². The average molecular weight is 177 g/mol.